The second-order valence-electron chi connectivity index (χ2n) is 5.31. The predicted molar refractivity (Wildman–Crippen MR) is 86.8 cm³/mol. The molecule has 26 heavy (non-hydrogen) atoms. The Hall–Kier alpha value is -3.29. The Morgan fingerprint density at radius 3 is 2.54 bits per heavy atom. The van der Waals surface area contributed by atoms with Gasteiger partial charge in [-0.15, -0.1) is 13.2 Å². The van der Waals surface area contributed by atoms with E-state index in [0.717, 1.165) is 12.1 Å². The minimum absolute atomic E-state index is 0.126. The van der Waals surface area contributed by atoms with Gasteiger partial charge in [-0.1, -0.05) is 30.3 Å². The molecule has 3 aromatic rings. The van der Waals surface area contributed by atoms with E-state index in [1.54, 1.807) is 24.3 Å². The van der Waals surface area contributed by atoms with Crippen LogP contribution in [-0.2, 0) is 6.54 Å². The summed E-state index contributed by atoms with van der Waals surface area (Å²) in [4.78, 5) is 24.2. The number of halogens is 3. The summed E-state index contributed by atoms with van der Waals surface area (Å²) in [5.74, 6) is -1.38. The number of amides is 1. The molecule has 0 aliphatic heterocycles. The van der Waals surface area contributed by atoms with Crippen LogP contribution in [0.3, 0.4) is 0 Å². The second kappa shape index (κ2) is 6.91. The van der Waals surface area contributed by atoms with Gasteiger partial charge in [-0.25, -0.2) is 0 Å². The van der Waals surface area contributed by atoms with E-state index in [9.17, 15) is 22.8 Å². The number of hydrogen-bond acceptors (Lipinski definition) is 4. The van der Waals surface area contributed by atoms with Gasteiger partial charge in [0.25, 0.3) is 5.91 Å². The SMILES string of the molecule is O=C(NCc1ccccc1OC(F)(F)F)c1cc(=O)c2ccccc2o1. The first-order valence-electron chi connectivity index (χ1n) is 7.48. The zero-order chi connectivity index (χ0) is 18.7. The molecule has 0 saturated carbocycles. The van der Waals surface area contributed by atoms with Crippen molar-refractivity contribution >= 4 is 16.9 Å². The van der Waals surface area contributed by atoms with E-state index in [-0.39, 0.29) is 23.5 Å². The summed E-state index contributed by atoms with van der Waals surface area (Å²) in [6, 6.07) is 12.9. The summed E-state index contributed by atoms with van der Waals surface area (Å²) < 4.78 is 46.6. The van der Waals surface area contributed by atoms with Gasteiger partial charge in [0.1, 0.15) is 11.3 Å². The number of carbonyl (C=O) groups excluding carboxylic acids is 1. The number of para-hydroxylation sites is 2. The lowest BCUT2D eigenvalue weighted by atomic mass is 10.2. The molecule has 1 N–H and O–H groups in total. The first-order chi connectivity index (χ1) is 12.3. The van der Waals surface area contributed by atoms with Crippen molar-refractivity contribution in [3.63, 3.8) is 0 Å². The highest BCUT2D eigenvalue weighted by Gasteiger charge is 2.32. The van der Waals surface area contributed by atoms with Crippen LogP contribution in [0.2, 0.25) is 0 Å². The van der Waals surface area contributed by atoms with Crippen LogP contribution in [0, 0.1) is 0 Å². The van der Waals surface area contributed by atoms with Crippen LogP contribution < -0.4 is 15.5 Å². The molecule has 134 valence electrons. The average molecular weight is 363 g/mol. The van der Waals surface area contributed by atoms with Gasteiger partial charge in [-0.05, 0) is 18.2 Å². The van der Waals surface area contributed by atoms with Gasteiger partial charge < -0.3 is 14.5 Å². The molecular weight excluding hydrogens is 351 g/mol. The summed E-state index contributed by atoms with van der Waals surface area (Å²) in [5.41, 5.74) is -0.0231. The molecule has 0 atom stereocenters. The highest BCUT2D eigenvalue weighted by molar-refractivity contribution is 5.93. The van der Waals surface area contributed by atoms with Gasteiger partial charge >= 0.3 is 6.36 Å². The van der Waals surface area contributed by atoms with E-state index in [1.165, 1.54) is 18.2 Å². The van der Waals surface area contributed by atoms with E-state index in [0.29, 0.717) is 5.39 Å². The fourth-order valence-electron chi connectivity index (χ4n) is 2.35. The van der Waals surface area contributed by atoms with Crippen LogP contribution >= 0.6 is 0 Å². The van der Waals surface area contributed by atoms with Crippen LogP contribution in [-0.4, -0.2) is 12.3 Å². The smallest absolute Gasteiger partial charge is 0.451 e. The molecule has 0 spiro atoms. The number of alkyl halides is 3. The second-order valence-corrected chi connectivity index (χ2v) is 5.31. The minimum atomic E-state index is -4.84. The quantitative estimate of drug-likeness (QED) is 0.769. The Labute approximate surface area is 145 Å². The molecule has 1 aromatic heterocycles. The van der Waals surface area contributed by atoms with Gasteiger partial charge in [0.15, 0.2) is 11.2 Å². The van der Waals surface area contributed by atoms with Gasteiger partial charge in [-0.2, -0.15) is 0 Å². The van der Waals surface area contributed by atoms with Gasteiger partial charge in [-0.3, -0.25) is 9.59 Å². The molecule has 0 unspecified atom stereocenters. The van der Waals surface area contributed by atoms with E-state index in [1.807, 2.05) is 0 Å². The number of hydrogen-bond donors (Lipinski definition) is 1. The topological polar surface area (TPSA) is 68.5 Å². The van der Waals surface area contributed by atoms with E-state index in [2.05, 4.69) is 10.1 Å². The number of rotatable bonds is 4. The Kier molecular flexibility index (Phi) is 4.66. The third kappa shape index (κ3) is 4.02. The molecule has 0 aliphatic rings. The van der Waals surface area contributed by atoms with Crippen LogP contribution in [0.25, 0.3) is 11.0 Å². The molecular formula is C18H12F3NO4. The monoisotopic (exact) mass is 363 g/mol. The number of ether oxygens (including phenoxy) is 1. The van der Waals surface area contributed by atoms with Crippen molar-refractivity contribution in [1.82, 2.24) is 5.32 Å². The van der Waals surface area contributed by atoms with Crippen molar-refractivity contribution in [1.29, 1.82) is 0 Å². The Bertz CT molecular complexity index is 1010. The maximum atomic E-state index is 12.4. The van der Waals surface area contributed by atoms with Crippen molar-refractivity contribution in [3.05, 3.63) is 76.1 Å². The predicted octanol–water partition coefficient (Wildman–Crippen LogP) is 3.62. The normalized spacial score (nSPS) is 11.3. The van der Waals surface area contributed by atoms with E-state index >= 15 is 0 Å². The molecule has 1 heterocycles. The van der Waals surface area contributed by atoms with Crippen LogP contribution in [0.4, 0.5) is 13.2 Å². The van der Waals surface area contributed by atoms with Gasteiger partial charge in [0.05, 0.1) is 5.39 Å². The third-order valence-corrected chi connectivity index (χ3v) is 3.50. The summed E-state index contributed by atoms with van der Waals surface area (Å²) in [6.45, 7) is -0.235. The molecule has 0 fully saturated rings. The van der Waals surface area contributed by atoms with Crippen molar-refractivity contribution in [2.24, 2.45) is 0 Å². The molecule has 0 radical (unpaired) electrons. The molecule has 5 nitrogen and oxygen atoms in total. The largest absolute Gasteiger partial charge is 0.573 e. The minimum Gasteiger partial charge on any atom is -0.451 e. The molecule has 3 rings (SSSR count). The molecule has 1 amide bonds. The molecule has 0 bridgehead atoms. The Morgan fingerprint density at radius 1 is 1.08 bits per heavy atom. The lowest BCUT2D eigenvalue weighted by Gasteiger charge is -2.13. The lowest BCUT2D eigenvalue weighted by molar-refractivity contribution is -0.274. The summed E-state index contributed by atoms with van der Waals surface area (Å²) in [7, 11) is 0. The number of fused-ring (bicyclic) bond motifs is 1. The van der Waals surface area contributed by atoms with Crippen LogP contribution in [0.15, 0.2) is 63.8 Å². The zero-order valence-electron chi connectivity index (χ0n) is 13.2. The first-order valence-corrected chi connectivity index (χ1v) is 7.48. The van der Waals surface area contributed by atoms with Gasteiger partial charge in [0.2, 0.25) is 0 Å². The van der Waals surface area contributed by atoms with E-state index < -0.39 is 23.4 Å². The fraction of sp³-hybridized carbons (Fsp3) is 0.111. The maximum Gasteiger partial charge on any atom is 0.573 e. The maximum absolute atomic E-state index is 12.4. The molecule has 0 saturated heterocycles. The Morgan fingerprint density at radius 2 is 1.77 bits per heavy atom. The highest BCUT2D eigenvalue weighted by Crippen LogP contribution is 2.26. The molecule has 0 aliphatic carbocycles. The van der Waals surface area contributed by atoms with Crippen LogP contribution in [0.5, 0.6) is 5.75 Å². The fourth-order valence-corrected chi connectivity index (χ4v) is 2.35. The summed E-state index contributed by atoms with van der Waals surface area (Å²) in [6.07, 6.45) is -4.84. The average Bonchev–Trinajstić information content (AvgIpc) is 2.59. The van der Waals surface area contributed by atoms with Gasteiger partial charge in [0, 0.05) is 18.2 Å². The number of nitrogens with one attached hydrogen (secondary N) is 1. The van der Waals surface area contributed by atoms with Crippen molar-refractivity contribution in [2.45, 2.75) is 12.9 Å². The number of carbonyl (C=O) groups is 1. The molecule has 2 aromatic carbocycles. The Balaban J connectivity index is 1.79. The van der Waals surface area contributed by atoms with Crippen molar-refractivity contribution < 1.29 is 27.1 Å². The number of benzene rings is 2. The molecule has 8 heteroatoms. The lowest BCUT2D eigenvalue weighted by Crippen LogP contribution is -2.25. The zero-order valence-corrected chi connectivity index (χ0v) is 13.2. The summed E-state index contributed by atoms with van der Waals surface area (Å²) >= 11 is 0. The van der Waals surface area contributed by atoms with Crippen LogP contribution in [0.1, 0.15) is 16.1 Å². The summed E-state index contributed by atoms with van der Waals surface area (Å²) in [5, 5.41) is 2.74. The van der Waals surface area contributed by atoms with E-state index in [4.69, 9.17) is 4.42 Å². The first kappa shape index (κ1) is 17.5. The standard InChI is InChI=1S/C18H12F3NO4/c19-18(20,21)26-14-7-3-1-5-11(14)10-22-17(24)16-9-13(23)12-6-2-4-8-15(12)25-16/h1-9H,10H2,(H,22,24). The van der Waals surface area contributed by atoms with Crippen molar-refractivity contribution in [3.8, 4) is 5.75 Å². The van der Waals surface area contributed by atoms with Crippen molar-refractivity contribution in [2.75, 3.05) is 0 Å². The third-order valence-electron chi connectivity index (χ3n) is 3.50. The highest BCUT2D eigenvalue weighted by atomic mass is 19.4.